The van der Waals surface area contributed by atoms with Crippen LogP contribution in [0.3, 0.4) is 0 Å². The fourth-order valence-electron chi connectivity index (χ4n) is 5.40. The van der Waals surface area contributed by atoms with Gasteiger partial charge in [0.25, 0.3) is 5.56 Å². The van der Waals surface area contributed by atoms with Gasteiger partial charge in [-0.2, -0.15) is 0 Å². The molecule has 2 aromatic rings. The molecule has 0 spiro atoms. The van der Waals surface area contributed by atoms with E-state index >= 15 is 0 Å². The van der Waals surface area contributed by atoms with E-state index in [1.54, 1.807) is 0 Å². The molecule has 2 fully saturated rings. The van der Waals surface area contributed by atoms with E-state index < -0.39 is 11.2 Å². The van der Waals surface area contributed by atoms with Gasteiger partial charge >= 0.3 is 5.69 Å². The minimum atomic E-state index is -0.593. The van der Waals surface area contributed by atoms with Crippen LogP contribution in [-0.2, 0) is 11.3 Å². The number of benzene rings is 1. The molecule has 2 aliphatic rings. The highest BCUT2D eigenvalue weighted by Gasteiger charge is 2.41. The second kappa shape index (κ2) is 9.12. The summed E-state index contributed by atoms with van der Waals surface area (Å²) in [7, 11) is 0. The molecule has 7 heteroatoms. The summed E-state index contributed by atoms with van der Waals surface area (Å²) in [6.07, 6.45) is 6.93. The molecule has 2 saturated carbocycles. The third-order valence-electron chi connectivity index (χ3n) is 7.03. The van der Waals surface area contributed by atoms with Crippen LogP contribution in [0.5, 0.6) is 0 Å². The summed E-state index contributed by atoms with van der Waals surface area (Å²) in [5.74, 6) is 1.77. The number of fused-ring (bicyclic) bond motifs is 2. The van der Waals surface area contributed by atoms with Crippen molar-refractivity contribution in [3.63, 3.8) is 0 Å². The number of H-pyrrole nitrogens is 1. The molecule has 4 rings (SSSR count). The predicted molar refractivity (Wildman–Crippen MR) is 122 cm³/mol. The smallest absolute Gasteiger partial charge is 0.330 e. The number of nitrogens with two attached hydrogens (primary N) is 1. The van der Waals surface area contributed by atoms with Crippen LogP contribution in [0.25, 0.3) is 0 Å². The molecule has 0 saturated heterocycles. The van der Waals surface area contributed by atoms with Gasteiger partial charge in [0.2, 0.25) is 5.91 Å². The average molecular weight is 425 g/mol. The molecule has 1 heterocycles. The third-order valence-corrected chi connectivity index (χ3v) is 7.03. The number of amides is 1. The Morgan fingerprint density at radius 1 is 1.19 bits per heavy atom. The van der Waals surface area contributed by atoms with E-state index in [9.17, 15) is 14.4 Å². The van der Waals surface area contributed by atoms with E-state index in [0.717, 1.165) is 30.7 Å². The van der Waals surface area contributed by atoms with Crippen LogP contribution in [-0.4, -0.2) is 22.0 Å². The molecule has 7 nitrogen and oxygen atoms in total. The maximum Gasteiger partial charge on any atom is 0.330 e. The van der Waals surface area contributed by atoms with Crippen molar-refractivity contribution in [3.05, 3.63) is 56.7 Å². The van der Waals surface area contributed by atoms with Crippen molar-refractivity contribution < 1.29 is 4.79 Å². The maximum atomic E-state index is 13.4. The molecule has 1 aromatic carbocycles. The van der Waals surface area contributed by atoms with Crippen LogP contribution in [0.15, 0.2) is 39.9 Å². The first-order chi connectivity index (χ1) is 15.0. The Balaban J connectivity index is 1.65. The van der Waals surface area contributed by atoms with Crippen molar-refractivity contribution in [2.24, 2.45) is 17.8 Å². The van der Waals surface area contributed by atoms with Crippen molar-refractivity contribution in [2.45, 2.75) is 58.4 Å². The Hall–Kier alpha value is -2.83. The van der Waals surface area contributed by atoms with E-state index in [1.165, 1.54) is 28.7 Å². The van der Waals surface area contributed by atoms with Gasteiger partial charge in [-0.1, -0.05) is 50.1 Å². The van der Waals surface area contributed by atoms with Gasteiger partial charge in [-0.25, -0.2) is 4.79 Å². The zero-order chi connectivity index (χ0) is 22.0. The Kier molecular flexibility index (Phi) is 6.30. The highest BCUT2D eigenvalue weighted by molar-refractivity contribution is 5.95. The number of carbonyl (C=O) groups excluding carboxylic acids is 1. The number of carbonyl (C=O) groups is 1. The number of aromatic amines is 1. The van der Waals surface area contributed by atoms with Crippen molar-refractivity contribution in [1.29, 1.82) is 0 Å². The molecule has 3 atom stereocenters. The average Bonchev–Trinajstić information content (AvgIpc) is 3.37. The number of hydrogen-bond donors (Lipinski definition) is 2. The zero-order valence-corrected chi connectivity index (χ0v) is 18.2. The third kappa shape index (κ3) is 4.45. The Morgan fingerprint density at radius 2 is 1.97 bits per heavy atom. The molecule has 1 aromatic heterocycles. The normalized spacial score (nSPS) is 22.0. The van der Waals surface area contributed by atoms with Crippen molar-refractivity contribution in [3.8, 4) is 0 Å². The Labute approximate surface area is 182 Å². The van der Waals surface area contributed by atoms with Gasteiger partial charge in [0.1, 0.15) is 5.82 Å². The number of nitrogen functional groups attached to an aromatic ring is 1. The predicted octanol–water partition coefficient (Wildman–Crippen LogP) is 3.13. The minimum absolute atomic E-state index is 0.0509. The van der Waals surface area contributed by atoms with Crippen LogP contribution in [0.4, 0.5) is 11.5 Å². The van der Waals surface area contributed by atoms with Gasteiger partial charge in [-0.15, -0.1) is 0 Å². The first kappa shape index (κ1) is 21.4. The van der Waals surface area contributed by atoms with E-state index in [-0.39, 0.29) is 24.0 Å². The molecule has 2 aliphatic carbocycles. The molecular weight excluding hydrogens is 392 g/mol. The number of anilines is 2. The monoisotopic (exact) mass is 424 g/mol. The number of nitrogens with one attached hydrogen (secondary N) is 1. The molecule has 2 bridgehead atoms. The van der Waals surface area contributed by atoms with Crippen LogP contribution in [0.1, 0.15) is 57.4 Å². The van der Waals surface area contributed by atoms with Crippen LogP contribution >= 0.6 is 0 Å². The molecule has 1 amide bonds. The van der Waals surface area contributed by atoms with Crippen LogP contribution in [0.2, 0.25) is 0 Å². The lowest BCUT2D eigenvalue weighted by Crippen LogP contribution is -2.42. The molecule has 3 N–H and O–H groups in total. The first-order valence-corrected chi connectivity index (χ1v) is 11.4. The topological polar surface area (TPSA) is 101 Å². The largest absolute Gasteiger partial charge is 0.383 e. The first-order valence-electron chi connectivity index (χ1n) is 11.4. The number of rotatable bonds is 8. The van der Waals surface area contributed by atoms with E-state index in [0.29, 0.717) is 24.8 Å². The second-order valence-electron chi connectivity index (χ2n) is 9.10. The SMILES string of the molecule is CCCCN(C(=O)C[C@@H]1C[C@@H]2CC[C@@H]1C2)c1c(N)n(Cc2ccccc2)c(=O)[nH]c1=O. The summed E-state index contributed by atoms with van der Waals surface area (Å²) in [5.41, 5.74) is 6.20. The lowest BCUT2D eigenvalue weighted by atomic mass is 9.86. The van der Waals surface area contributed by atoms with Crippen molar-refractivity contribution in [2.75, 3.05) is 17.2 Å². The van der Waals surface area contributed by atoms with Gasteiger partial charge in [0.15, 0.2) is 5.69 Å². The van der Waals surface area contributed by atoms with E-state index in [4.69, 9.17) is 5.73 Å². The summed E-state index contributed by atoms with van der Waals surface area (Å²) in [6.45, 7) is 2.70. The molecule has 0 aliphatic heterocycles. The summed E-state index contributed by atoms with van der Waals surface area (Å²) in [4.78, 5) is 42.6. The molecule has 31 heavy (non-hydrogen) atoms. The standard InChI is InChI=1S/C24H32N4O3/c1-2-3-11-27(20(29)14-19-13-17-9-10-18(19)12-17)21-22(25)28(24(31)26-23(21)30)15-16-7-5-4-6-8-16/h4-8,17-19H,2-3,9-15,25H2,1H3,(H,26,30,31)/t17-,18-,19+/m1/s1. The molecule has 0 unspecified atom stereocenters. The second-order valence-corrected chi connectivity index (χ2v) is 9.10. The summed E-state index contributed by atoms with van der Waals surface area (Å²) < 4.78 is 1.34. The number of hydrogen-bond acceptors (Lipinski definition) is 4. The molecular formula is C24H32N4O3. The lowest BCUT2D eigenvalue weighted by molar-refractivity contribution is -0.119. The molecule has 166 valence electrons. The minimum Gasteiger partial charge on any atom is -0.383 e. The Morgan fingerprint density at radius 3 is 2.61 bits per heavy atom. The van der Waals surface area contributed by atoms with Crippen molar-refractivity contribution >= 4 is 17.4 Å². The lowest BCUT2D eigenvalue weighted by Gasteiger charge is -2.28. The zero-order valence-electron chi connectivity index (χ0n) is 18.2. The summed E-state index contributed by atoms with van der Waals surface area (Å²) in [6, 6.07) is 9.46. The van der Waals surface area contributed by atoms with Gasteiger partial charge in [-0.3, -0.25) is 19.1 Å². The number of nitrogens with zero attached hydrogens (tertiary/aromatic N) is 2. The van der Waals surface area contributed by atoms with Gasteiger partial charge in [0, 0.05) is 13.0 Å². The number of aromatic nitrogens is 2. The summed E-state index contributed by atoms with van der Waals surface area (Å²) in [5, 5.41) is 0. The van der Waals surface area contributed by atoms with Crippen molar-refractivity contribution in [1.82, 2.24) is 9.55 Å². The fraction of sp³-hybridized carbons (Fsp3) is 0.542. The summed E-state index contributed by atoms with van der Waals surface area (Å²) >= 11 is 0. The fourth-order valence-corrected chi connectivity index (χ4v) is 5.40. The van der Waals surface area contributed by atoms with Gasteiger partial charge in [0.05, 0.1) is 6.54 Å². The van der Waals surface area contributed by atoms with Gasteiger partial charge < -0.3 is 10.6 Å². The van der Waals surface area contributed by atoms with Crippen LogP contribution < -0.4 is 21.9 Å². The van der Waals surface area contributed by atoms with Gasteiger partial charge in [-0.05, 0) is 49.0 Å². The Bertz CT molecular complexity index is 1040. The van der Waals surface area contributed by atoms with E-state index in [1.807, 2.05) is 37.3 Å². The number of unbranched alkanes of at least 4 members (excludes halogenated alkanes) is 1. The quantitative estimate of drug-likeness (QED) is 0.680. The highest BCUT2D eigenvalue weighted by atomic mass is 16.2. The maximum absolute atomic E-state index is 13.4. The van der Waals surface area contributed by atoms with E-state index in [2.05, 4.69) is 4.98 Å². The highest BCUT2D eigenvalue weighted by Crippen LogP contribution is 2.49. The molecule has 0 radical (unpaired) electrons. The van der Waals surface area contributed by atoms with Crippen LogP contribution in [0, 0.1) is 17.8 Å².